The normalized spacial score (nSPS) is 10.2. The molecule has 0 aliphatic heterocycles. The Morgan fingerprint density at radius 1 is 1.07 bits per heavy atom. The van der Waals surface area contributed by atoms with Crippen LogP contribution in [0, 0.1) is 0 Å². The van der Waals surface area contributed by atoms with Gasteiger partial charge >= 0.3 is 6.03 Å². The van der Waals surface area contributed by atoms with E-state index in [0.29, 0.717) is 23.5 Å². The highest BCUT2D eigenvalue weighted by Crippen LogP contribution is 2.24. The van der Waals surface area contributed by atoms with E-state index in [9.17, 15) is 9.59 Å². The fourth-order valence-electron chi connectivity index (χ4n) is 2.33. The molecule has 0 aliphatic carbocycles. The summed E-state index contributed by atoms with van der Waals surface area (Å²) in [5, 5.41) is 2.83. The second-order valence-corrected chi connectivity index (χ2v) is 7.30. The first kappa shape index (κ1) is 20.6. The predicted molar refractivity (Wildman–Crippen MR) is 110 cm³/mol. The average Bonchev–Trinajstić information content (AvgIpc) is 2.67. The molecule has 0 unspecified atom stereocenters. The number of amides is 3. The molecule has 6 nitrogen and oxygen atoms in total. The Morgan fingerprint density at radius 2 is 1.78 bits per heavy atom. The maximum absolute atomic E-state index is 12.4. The van der Waals surface area contributed by atoms with Crippen LogP contribution in [0.3, 0.4) is 0 Å². The molecule has 0 aliphatic rings. The number of nitrogens with one attached hydrogen (secondary N) is 1. The Kier molecular flexibility index (Phi) is 7.55. The fraction of sp³-hybridized carbons (Fsp3) is 0.300. The number of methoxy groups -OCH3 is 1. The number of nitrogens with zero attached hydrogens (tertiary/aromatic N) is 2. The van der Waals surface area contributed by atoms with Gasteiger partial charge in [0.15, 0.2) is 0 Å². The molecule has 0 spiro atoms. The number of urea groups is 1. The van der Waals surface area contributed by atoms with Gasteiger partial charge in [-0.2, -0.15) is 0 Å². The van der Waals surface area contributed by atoms with Gasteiger partial charge in [0.05, 0.1) is 12.7 Å². The largest absolute Gasteiger partial charge is 0.496 e. The molecule has 0 aromatic heterocycles. The summed E-state index contributed by atoms with van der Waals surface area (Å²) in [6.45, 7) is 0.602. The van der Waals surface area contributed by atoms with Crippen LogP contribution in [0.5, 0.6) is 5.75 Å². The van der Waals surface area contributed by atoms with E-state index in [1.54, 1.807) is 56.0 Å². The third-order valence-electron chi connectivity index (χ3n) is 3.87. The first-order chi connectivity index (χ1) is 12.9. The smallest absolute Gasteiger partial charge is 0.321 e. The Balaban J connectivity index is 1.95. The standard InChI is InChI=1S/C20H25N3O3S/c1-22(2)19(24)17-14-15(10-11-18(17)26-4)21-20(25)23(3)12-13-27-16-8-6-5-7-9-16/h5-11,14H,12-13H2,1-4H3,(H,21,25). The zero-order chi connectivity index (χ0) is 19.8. The lowest BCUT2D eigenvalue weighted by Crippen LogP contribution is -2.33. The molecular formula is C20H25N3O3S. The SMILES string of the molecule is COc1ccc(NC(=O)N(C)CCSc2ccccc2)cc1C(=O)N(C)C. The van der Waals surface area contributed by atoms with Crippen LogP contribution >= 0.6 is 11.8 Å². The summed E-state index contributed by atoms with van der Waals surface area (Å²) >= 11 is 1.70. The van der Waals surface area contributed by atoms with Crippen molar-refractivity contribution in [3.05, 3.63) is 54.1 Å². The molecule has 2 rings (SSSR count). The van der Waals surface area contributed by atoms with E-state index in [1.165, 1.54) is 16.9 Å². The highest BCUT2D eigenvalue weighted by atomic mass is 32.2. The lowest BCUT2D eigenvalue weighted by Gasteiger charge is -2.19. The lowest BCUT2D eigenvalue weighted by molar-refractivity contribution is 0.0824. The van der Waals surface area contributed by atoms with Crippen molar-refractivity contribution in [2.24, 2.45) is 0 Å². The van der Waals surface area contributed by atoms with Crippen LogP contribution < -0.4 is 10.1 Å². The summed E-state index contributed by atoms with van der Waals surface area (Å²) in [6, 6.07) is 14.9. The van der Waals surface area contributed by atoms with Gasteiger partial charge in [-0.05, 0) is 30.3 Å². The van der Waals surface area contributed by atoms with Crippen LogP contribution in [0.15, 0.2) is 53.4 Å². The minimum Gasteiger partial charge on any atom is -0.496 e. The van der Waals surface area contributed by atoms with Crippen molar-refractivity contribution in [2.75, 3.05) is 45.9 Å². The number of rotatable bonds is 7. The van der Waals surface area contributed by atoms with E-state index in [0.717, 1.165) is 5.75 Å². The van der Waals surface area contributed by atoms with E-state index >= 15 is 0 Å². The third kappa shape index (κ3) is 5.92. The van der Waals surface area contributed by atoms with Gasteiger partial charge in [0.25, 0.3) is 5.91 Å². The number of ether oxygens (including phenoxy) is 1. The van der Waals surface area contributed by atoms with E-state index in [4.69, 9.17) is 4.74 Å². The Labute approximate surface area is 164 Å². The van der Waals surface area contributed by atoms with Gasteiger partial charge < -0.3 is 19.9 Å². The Hall–Kier alpha value is -2.67. The molecule has 2 aromatic carbocycles. The summed E-state index contributed by atoms with van der Waals surface area (Å²) in [6.07, 6.45) is 0. The number of carbonyl (C=O) groups is 2. The molecule has 2 aromatic rings. The van der Waals surface area contributed by atoms with Gasteiger partial charge in [-0.15, -0.1) is 11.8 Å². The summed E-state index contributed by atoms with van der Waals surface area (Å²) in [7, 11) is 6.60. The zero-order valence-corrected chi connectivity index (χ0v) is 16.9. The topological polar surface area (TPSA) is 61.9 Å². The van der Waals surface area contributed by atoms with Crippen LogP contribution in [0.4, 0.5) is 10.5 Å². The maximum atomic E-state index is 12.4. The summed E-state index contributed by atoms with van der Waals surface area (Å²) in [4.78, 5) is 29.0. The highest BCUT2D eigenvalue weighted by Gasteiger charge is 2.16. The van der Waals surface area contributed by atoms with E-state index in [2.05, 4.69) is 5.32 Å². The molecule has 1 N–H and O–H groups in total. The number of benzene rings is 2. The molecule has 27 heavy (non-hydrogen) atoms. The fourth-order valence-corrected chi connectivity index (χ4v) is 3.28. The molecule has 0 fully saturated rings. The van der Waals surface area contributed by atoms with Gasteiger partial charge in [0.2, 0.25) is 0 Å². The van der Waals surface area contributed by atoms with Crippen molar-refractivity contribution in [1.82, 2.24) is 9.80 Å². The van der Waals surface area contributed by atoms with Crippen molar-refractivity contribution >= 4 is 29.4 Å². The molecule has 0 saturated heterocycles. The van der Waals surface area contributed by atoms with Gasteiger partial charge in [0, 0.05) is 44.0 Å². The van der Waals surface area contributed by atoms with Crippen molar-refractivity contribution in [1.29, 1.82) is 0 Å². The third-order valence-corrected chi connectivity index (χ3v) is 4.86. The summed E-state index contributed by atoms with van der Waals surface area (Å²) < 4.78 is 5.25. The van der Waals surface area contributed by atoms with Crippen LogP contribution in [0.2, 0.25) is 0 Å². The van der Waals surface area contributed by atoms with Crippen LogP contribution in [-0.2, 0) is 0 Å². The molecule has 0 bridgehead atoms. The van der Waals surface area contributed by atoms with E-state index < -0.39 is 0 Å². The molecule has 0 atom stereocenters. The second kappa shape index (κ2) is 9.87. The first-order valence-electron chi connectivity index (χ1n) is 8.52. The first-order valence-corrected chi connectivity index (χ1v) is 9.50. The van der Waals surface area contributed by atoms with Crippen LogP contribution in [0.25, 0.3) is 0 Å². The summed E-state index contributed by atoms with van der Waals surface area (Å²) in [5.41, 5.74) is 0.955. The second-order valence-electron chi connectivity index (χ2n) is 6.13. The number of thioether (sulfide) groups is 1. The van der Waals surface area contributed by atoms with Crippen LogP contribution in [0.1, 0.15) is 10.4 Å². The van der Waals surface area contributed by atoms with Crippen LogP contribution in [-0.4, -0.2) is 62.3 Å². The van der Waals surface area contributed by atoms with Crippen molar-refractivity contribution in [2.45, 2.75) is 4.90 Å². The average molecular weight is 388 g/mol. The Morgan fingerprint density at radius 3 is 2.41 bits per heavy atom. The summed E-state index contributed by atoms with van der Waals surface area (Å²) in [5.74, 6) is 1.08. The number of anilines is 1. The number of carbonyl (C=O) groups excluding carboxylic acids is 2. The molecule has 0 heterocycles. The predicted octanol–water partition coefficient (Wildman–Crippen LogP) is 3.65. The molecule has 0 radical (unpaired) electrons. The van der Waals surface area contributed by atoms with Crippen molar-refractivity contribution in [3.8, 4) is 5.75 Å². The molecular weight excluding hydrogens is 362 g/mol. The van der Waals surface area contributed by atoms with Gasteiger partial charge in [-0.3, -0.25) is 4.79 Å². The molecule has 7 heteroatoms. The van der Waals surface area contributed by atoms with Crippen molar-refractivity contribution in [3.63, 3.8) is 0 Å². The van der Waals surface area contributed by atoms with Gasteiger partial charge in [-0.1, -0.05) is 18.2 Å². The Bertz CT molecular complexity index is 781. The van der Waals surface area contributed by atoms with Gasteiger partial charge in [0.1, 0.15) is 5.75 Å². The van der Waals surface area contributed by atoms with E-state index in [-0.39, 0.29) is 11.9 Å². The van der Waals surface area contributed by atoms with Crippen molar-refractivity contribution < 1.29 is 14.3 Å². The molecule has 0 saturated carbocycles. The number of hydrogen-bond donors (Lipinski definition) is 1. The quantitative estimate of drug-likeness (QED) is 0.737. The lowest BCUT2D eigenvalue weighted by atomic mass is 10.1. The molecule has 144 valence electrons. The molecule has 3 amide bonds. The monoisotopic (exact) mass is 387 g/mol. The van der Waals surface area contributed by atoms with E-state index in [1.807, 2.05) is 30.3 Å². The van der Waals surface area contributed by atoms with Gasteiger partial charge in [-0.25, -0.2) is 4.79 Å². The highest BCUT2D eigenvalue weighted by molar-refractivity contribution is 7.99. The zero-order valence-electron chi connectivity index (χ0n) is 16.1. The minimum absolute atomic E-state index is 0.185. The maximum Gasteiger partial charge on any atom is 0.321 e. The minimum atomic E-state index is -0.225. The number of hydrogen-bond acceptors (Lipinski definition) is 4.